The molecule has 0 radical (unpaired) electrons. The molecule has 0 aromatic heterocycles. The largest absolute Gasteiger partial charge is 0.493 e. The first-order chi connectivity index (χ1) is 18.4. The molecular formula is C30H30Cl2FNO4S. The van der Waals surface area contributed by atoms with Gasteiger partial charge in [0.25, 0.3) is 0 Å². The number of hydrogen-bond acceptors (Lipinski definition) is 5. The second kappa shape index (κ2) is 10.8. The Bertz CT molecular complexity index is 1480. The first kappa shape index (κ1) is 28.1. The van der Waals surface area contributed by atoms with Gasteiger partial charge >= 0.3 is 0 Å². The lowest BCUT2D eigenvalue weighted by atomic mass is 9.79. The number of benzene rings is 3. The standard InChI is InChI=1S/C30H30Cl2FNO4S/c1-30(16-34(17-30)29(20-6-4-3-5-7-20)21-10-22(31)12-23(32)11-21)18-38-28-14-26(33)25(13-24(28)19-8-9-19)27(35)15-39(2,36)37/h3-7,10-14,19,29H,8-9,15-18H2,1-2H3. The normalized spacial score (nSPS) is 17.9. The summed E-state index contributed by atoms with van der Waals surface area (Å²) >= 11 is 12.7. The van der Waals surface area contributed by atoms with E-state index in [4.69, 9.17) is 27.9 Å². The van der Waals surface area contributed by atoms with E-state index in [-0.39, 0.29) is 22.9 Å². The van der Waals surface area contributed by atoms with E-state index in [1.165, 1.54) is 12.1 Å². The summed E-state index contributed by atoms with van der Waals surface area (Å²) in [4.78, 5) is 14.8. The van der Waals surface area contributed by atoms with E-state index < -0.39 is 27.2 Å². The molecule has 1 atom stereocenters. The summed E-state index contributed by atoms with van der Waals surface area (Å²) in [5.74, 6) is -1.61. The fourth-order valence-electron chi connectivity index (χ4n) is 5.38. The molecule has 1 aliphatic carbocycles. The van der Waals surface area contributed by atoms with Crippen molar-refractivity contribution < 1.29 is 22.3 Å². The molecule has 1 unspecified atom stereocenters. The summed E-state index contributed by atoms with van der Waals surface area (Å²) in [6.45, 7) is 3.98. The van der Waals surface area contributed by atoms with Gasteiger partial charge in [-0.15, -0.1) is 0 Å². The second-order valence-electron chi connectivity index (χ2n) is 11.2. The first-order valence-corrected chi connectivity index (χ1v) is 15.6. The molecule has 2 fully saturated rings. The van der Waals surface area contributed by atoms with Crippen molar-refractivity contribution in [2.45, 2.75) is 31.7 Å². The Morgan fingerprint density at radius 3 is 2.28 bits per heavy atom. The van der Waals surface area contributed by atoms with E-state index in [1.54, 1.807) is 6.07 Å². The number of ketones is 1. The minimum absolute atomic E-state index is 0.0323. The average molecular weight is 591 g/mol. The quantitative estimate of drug-likeness (QED) is 0.245. The molecule has 2 aliphatic rings. The van der Waals surface area contributed by atoms with Crippen LogP contribution in [0, 0.1) is 11.2 Å². The fourth-order valence-corrected chi connectivity index (χ4v) is 6.56. The lowest BCUT2D eigenvalue weighted by Crippen LogP contribution is -2.58. The third-order valence-electron chi connectivity index (χ3n) is 7.24. The average Bonchev–Trinajstić information content (AvgIpc) is 3.66. The maximum Gasteiger partial charge on any atom is 0.180 e. The van der Waals surface area contributed by atoms with Gasteiger partial charge in [0.15, 0.2) is 15.6 Å². The highest BCUT2D eigenvalue weighted by Crippen LogP contribution is 2.46. The third-order valence-corrected chi connectivity index (χ3v) is 8.46. The van der Waals surface area contributed by atoms with Crippen molar-refractivity contribution in [1.82, 2.24) is 4.90 Å². The smallest absolute Gasteiger partial charge is 0.180 e. The Morgan fingerprint density at radius 1 is 1.05 bits per heavy atom. The molecule has 39 heavy (non-hydrogen) atoms. The van der Waals surface area contributed by atoms with Crippen LogP contribution < -0.4 is 4.74 Å². The van der Waals surface area contributed by atoms with Crippen LogP contribution >= 0.6 is 23.2 Å². The minimum Gasteiger partial charge on any atom is -0.493 e. The number of sulfone groups is 1. The van der Waals surface area contributed by atoms with Crippen LogP contribution in [-0.2, 0) is 9.84 Å². The van der Waals surface area contributed by atoms with Gasteiger partial charge in [0.05, 0.1) is 18.2 Å². The van der Waals surface area contributed by atoms with Crippen molar-refractivity contribution in [3.63, 3.8) is 0 Å². The van der Waals surface area contributed by atoms with Crippen molar-refractivity contribution in [2.24, 2.45) is 5.41 Å². The summed E-state index contributed by atoms with van der Waals surface area (Å²) in [6, 6.07) is 18.5. The van der Waals surface area contributed by atoms with E-state index in [9.17, 15) is 17.6 Å². The SMILES string of the molecule is CC1(COc2cc(F)c(C(=O)CS(C)(=O)=O)cc2C2CC2)CN(C(c2ccccc2)c2cc(Cl)cc(Cl)c2)C1. The van der Waals surface area contributed by atoms with Gasteiger partial charge in [0.2, 0.25) is 0 Å². The van der Waals surface area contributed by atoms with Gasteiger partial charge in [-0.2, -0.15) is 0 Å². The molecule has 0 amide bonds. The van der Waals surface area contributed by atoms with E-state index in [0.717, 1.165) is 48.9 Å². The highest BCUT2D eigenvalue weighted by atomic mass is 35.5. The van der Waals surface area contributed by atoms with Crippen molar-refractivity contribution in [1.29, 1.82) is 0 Å². The zero-order chi connectivity index (χ0) is 27.9. The Labute approximate surface area is 238 Å². The van der Waals surface area contributed by atoms with Crippen LogP contribution in [0.4, 0.5) is 4.39 Å². The van der Waals surface area contributed by atoms with Gasteiger partial charge in [-0.1, -0.05) is 60.5 Å². The number of nitrogens with zero attached hydrogens (tertiary/aromatic N) is 1. The van der Waals surface area contributed by atoms with Gasteiger partial charge in [-0.3, -0.25) is 9.69 Å². The summed E-state index contributed by atoms with van der Waals surface area (Å²) in [5.41, 5.74) is 2.53. The number of halogens is 3. The zero-order valence-electron chi connectivity index (χ0n) is 21.8. The highest BCUT2D eigenvalue weighted by molar-refractivity contribution is 7.91. The molecule has 0 bridgehead atoms. The molecule has 206 valence electrons. The molecule has 1 aliphatic heterocycles. The van der Waals surface area contributed by atoms with E-state index >= 15 is 0 Å². The first-order valence-electron chi connectivity index (χ1n) is 12.8. The Balaban J connectivity index is 1.33. The molecular weight excluding hydrogens is 560 g/mol. The van der Waals surface area contributed by atoms with Crippen molar-refractivity contribution in [3.8, 4) is 5.75 Å². The second-order valence-corrected chi connectivity index (χ2v) is 14.2. The van der Waals surface area contributed by atoms with Gasteiger partial charge in [-0.05, 0) is 59.7 Å². The minimum atomic E-state index is -3.57. The summed E-state index contributed by atoms with van der Waals surface area (Å²) < 4.78 is 44.3. The van der Waals surface area contributed by atoms with Crippen LogP contribution in [0.5, 0.6) is 5.75 Å². The van der Waals surface area contributed by atoms with Crippen LogP contribution in [0.15, 0.2) is 60.7 Å². The molecule has 5 nitrogen and oxygen atoms in total. The summed E-state index contributed by atoms with van der Waals surface area (Å²) in [7, 11) is -3.57. The molecule has 1 saturated carbocycles. The zero-order valence-corrected chi connectivity index (χ0v) is 24.1. The van der Waals surface area contributed by atoms with E-state index in [1.807, 2.05) is 30.3 Å². The van der Waals surface area contributed by atoms with Gasteiger partial charge < -0.3 is 4.74 Å². The topological polar surface area (TPSA) is 63.7 Å². The van der Waals surface area contributed by atoms with E-state index in [2.05, 4.69) is 24.0 Å². The number of Topliss-reactive ketones (excluding diaryl/α,β-unsaturated/α-hetero) is 1. The van der Waals surface area contributed by atoms with Crippen molar-refractivity contribution in [3.05, 3.63) is 98.8 Å². The van der Waals surface area contributed by atoms with Gasteiger partial charge in [-0.25, -0.2) is 12.8 Å². The van der Waals surface area contributed by atoms with Gasteiger partial charge in [0, 0.05) is 40.9 Å². The maximum atomic E-state index is 14.9. The van der Waals surface area contributed by atoms with Crippen LogP contribution in [0.25, 0.3) is 0 Å². The molecule has 5 rings (SSSR count). The predicted octanol–water partition coefficient (Wildman–Crippen LogP) is 6.73. The Kier molecular flexibility index (Phi) is 7.81. The number of ether oxygens (including phenoxy) is 1. The molecule has 3 aromatic carbocycles. The lowest BCUT2D eigenvalue weighted by molar-refractivity contribution is -0.0379. The van der Waals surface area contributed by atoms with Crippen LogP contribution in [0.3, 0.4) is 0 Å². The monoisotopic (exact) mass is 589 g/mol. The van der Waals surface area contributed by atoms with Gasteiger partial charge in [0.1, 0.15) is 17.3 Å². The van der Waals surface area contributed by atoms with Crippen LogP contribution in [-0.4, -0.2) is 50.8 Å². The molecule has 3 aromatic rings. The van der Waals surface area contributed by atoms with Crippen molar-refractivity contribution >= 4 is 38.8 Å². The molecule has 9 heteroatoms. The predicted molar refractivity (Wildman–Crippen MR) is 152 cm³/mol. The maximum absolute atomic E-state index is 14.9. The van der Waals surface area contributed by atoms with Crippen molar-refractivity contribution in [2.75, 3.05) is 31.7 Å². The number of rotatable bonds is 10. The number of hydrogen-bond donors (Lipinski definition) is 0. The summed E-state index contributed by atoms with van der Waals surface area (Å²) in [5, 5.41) is 1.16. The Morgan fingerprint density at radius 2 is 1.69 bits per heavy atom. The molecule has 0 N–H and O–H groups in total. The summed E-state index contributed by atoms with van der Waals surface area (Å²) in [6.07, 6.45) is 2.81. The number of carbonyl (C=O) groups is 1. The van der Waals surface area contributed by atoms with Crippen LogP contribution in [0.2, 0.25) is 10.0 Å². The van der Waals surface area contributed by atoms with Crippen LogP contribution in [0.1, 0.15) is 58.8 Å². The molecule has 1 heterocycles. The number of carbonyl (C=O) groups excluding carboxylic acids is 1. The van der Waals surface area contributed by atoms with E-state index in [0.29, 0.717) is 22.4 Å². The number of likely N-dealkylation sites (tertiary alicyclic amines) is 1. The molecule has 0 spiro atoms. The fraction of sp³-hybridized carbons (Fsp3) is 0.367. The Hall–Kier alpha value is -2.45. The molecule has 1 saturated heterocycles. The third kappa shape index (κ3) is 6.65. The lowest BCUT2D eigenvalue weighted by Gasteiger charge is -2.51. The highest BCUT2D eigenvalue weighted by Gasteiger charge is 2.44.